The highest BCUT2D eigenvalue weighted by Gasteiger charge is 2.09. The maximum Gasteiger partial charge on any atom is 0.147 e. The fourth-order valence-electron chi connectivity index (χ4n) is 1.06. The second-order valence-electron chi connectivity index (χ2n) is 2.37. The fourth-order valence-corrected chi connectivity index (χ4v) is 2.58. The Morgan fingerprint density at radius 3 is 2.83 bits per heavy atom. The molecule has 0 radical (unpaired) electrons. The number of rotatable bonds is 0. The third-order valence-corrected chi connectivity index (χ3v) is 3.57. The molecule has 1 aromatic carbocycles. The van der Waals surface area contributed by atoms with Crippen molar-refractivity contribution < 1.29 is 5.11 Å². The Kier molecular flexibility index (Phi) is 1.94. The lowest BCUT2D eigenvalue weighted by Crippen LogP contribution is -1.64. The highest BCUT2D eigenvalue weighted by molar-refractivity contribution is 7.83. The number of aromatic hydroxyl groups is 1. The van der Waals surface area contributed by atoms with Crippen LogP contribution in [0.1, 0.15) is 0 Å². The van der Waals surface area contributed by atoms with E-state index in [0.29, 0.717) is 9.23 Å². The molecule has 0 spiro atoms. The Bertz CT molecular complexity index is 436. The van der Waals surface area contributed by atoms with E-state index in [2.05, 4.69) is 12.6 Å². The fraction of sp³-hybridized carbons (Fsp3) is 0. The first-order valence-corrected chi connectivity index (χ1v) is 4.93. The first kappa shape index (κ1) is 8.23. The van der Waals surface area contributed by atoms with Gasteiger partial charge >= 0.3 is 0 Å². The summed E-state index contributed by atoms with van der Waals surface area (Å²) in [4.78, 5) is 0. The Balaban J connectivity index is 2.95. The summed E-state index contributed by atoms with van der Waals surface area (Å²) in [6.07, 6.45) is 0. The van der Waals surface area contributed by atoms with Gasteiger partial charge in [-0.2, -0.15) is 0 Å². The summed E-state index contributed by atoms with van der Waals surface area (Å²) in [6.45, 7) is 0. The molecule has 0 fully saturated rings. The molecule has 0 saturated heterocycles. The van der Waals surface area contributed by atoms with Crippen LogP contribution < -0.4 is 0 Å². The molecule has 12 heavy (non-hydrogen) atoms. The summed E-state index contributed by atoms with van der Waals surface area (Å²) in [7, 11) is 0. The molecule has 0 unspecified atom stereocenters. The molecule has 0 aliphatic rings. The molecule has 62 valence electrons. The van der Waals surface area contributed by atoms with Crippen LogP contribution in [-0.2, 0) is 0 Å². The lowest BCUT2D eigenvalue weighted by Gasteiger charge is -1.91. The molecule has 0 aliphatic heterocycles. The van der Waals surface area contributed by atoms with E-state index < -0.39 is 0 Å². The van der Waals surface area contributed by atoms with Gasteiger partial charge in [0.15, 0.2) is 0 Å². The molecule has 0 bridgehead atoms. The maximum absolute atomic E-state index is 9.50. The molecule has 0 atom stereocenters. The first-order valence-electron chi connectivity index (χ1n) is 3.29. The molecular formula is C8H5ClOS2. The maximum atomic E-state index is 9.50. The number of thiol groups is 1. The van der Waals surface area contributed by atoms with Gasteiger partial charge in [0.05, 0.1) is 13.9 Å². The minimum absolute atomic E-state index is 0.223. The van der Waals surface area contributed by atoms with Crippen molar-refractivity contribution in [1.29, 1.82) is 0 Å². The molecule has 0 saturated carbocycles. The number of halogens is 1. The second-order valence-corrected chi connectivity index (χ2v) is 4.55. The van der Waals surface area contributed by atoms with Crippen molar-refractivity contribution in [3.8, 4) is 5.75 Å². The van der Waals surface area contributed by atoms with Gasteiger partial charge in [0.2, 0.25) is 0 Å². The van der Waals surface area contributed by atoms with Crippen LogP contribution in [0.4, 0.5) is 0 Å². The molecule has 4 heteroatoms. The first-order chi connectivity index (χ1) is 5.70. The Morgan fingerprint density at radius 1 is 1.42 bits per heavy atom. The van der Waals surface area contributed by atoms with Crippen LogP contribution in [0.5, 0.6) is 5.75 Å². The van der Waals surface area contributed by atoms with Gasteiger partial charge in [-0.1, -0.05) is 17.7 Å². The molecule has 1 nitrogen and oxygen atoms in total. The highest BCUT2D eigenvalue weighted by atomic mass is 35.5. The number of hydrogen-bond acceptors (Lipinski definition) is 3. The zero-order chi connectivity index (χ0) is 8.72. The monoisotopic (exact) mass is 216 g/mol. The van der Waals surface area contributed by atoms with E-state index in [4.69, 9.17) is 11.6 Å². The molecule has 1 heterocycles. The molecule has 1 N–H and O–H groups in total. The van der Waals surface area contributed by atoms with E-state index in [1.165, 1.54) is 11.3 Å². The Morgan fingerprint density at radius 2 is 2.17 bits per heavy atom. The summed E-state index contributed by atoms with van der Waals surface area (Å²) in [6, 6.07) is 5.43. The van der Waals surface area contributed by atoms with Crippen LogP contribution in [0.2, 0.25) is 5.02 Å². The van der Waals surface area contributed by atoms with Crippen LogP contribution in [0.25, 0.3) is 10.1 Å². The minimum Gasteiger partial charge on any atom is -0.505 e. The van der Waals surface area contributed by atoms with Crippen molar-refractivity contribution in [2.75, 3.05) is 0 Å². The number of fused-ring (bicyclic) bond motifs is 1. The Hall–Kier alpha value is -0.380. The van der Waals surface area contributed by atoms with Gasteiger partial charge in [-0.05, 0) is 12.1 Å². The van der Waals surface area contributed by atoms with Crippen molar-refractivity contribution in [1.82, 2.24) is 0 Å². The molecule has 2 aromatic rings. The quantitative estimate of drug-likeness (QED) is 0.646. The van der Waals surface area contributed by atoms with Gasteiger partial charge in [0.25, 0.3) is 0 Å². The highest BCUT2D eigenvalue weighted by Crippen LogP contribution is 2.42. The van der Waals surface area contributed by atoms with Crippen LogP contribution in [-0.4, -0.2) is 5.11 Å². The summed E-state index contributed by atoms with van der Waals surface area (Å²) < 4.78 is 1.50. The minimum atomic E-state index is 0.223. The van der Waals surface area contributed by atoms with Gasteiger partial charge in [-0.3, -0.25) is 0 Å². The van der Waals surface area contributed by atoms with E-state index in [-0.39, 0.29) is 5.75 Å². The summed E-state index contributed by atoms with van der Waals surface area (Å²) in [5, 5.41) is 10.9. The molecule has 1 aromatic heterocycles. The van der Waals surface area contributed by atoms with Crippen LogP contribution >= 0.6 is 35.6 Å². The predicted octanol–water partition coefficient (Wildman–Crippen LogP) is 3.55. The molecular weight excluding hydrogens is 212 g/mol. The standard InChI is InChI=1S/C8H5ClOS2/c9-5-3-1-2-4-6(10)8(11)12-7(4)5/h1-3,10-11H. The predicted molar refractivity (Wildman–Crippen MR) is 55.8 cm³/mol. The largest absolute Gasteiger partial charge is 0.505 e. The van der Waals surface area contributed by atoms with Crippen LogP contribution in [0, 0.1) is 0 Å². The van der Waals surface area contributed by atoms with Crippen LogP contribution in [0.15, 0.2) is 22.4 Å². The average Bonchev–Trinajstić information content (AvgIpc) is 2.32. The Labute approximate surface area is 84.0 Å². The SMILES string of the molecule is Oc1c(S)sc2c(Cl)cccc12. The van der Waals surface area contributed by atoms with E-state index >= 15 is 0 Å². The molecule has 2 rings (SSSR count). The molecule has 0 aliphatic carbocycles. The van der Waals surface area contributed by atoms with Gasteiger partial charge in [-0.25, -0.2) is 0 Å². The smallest absolute Gasteiger partial charge is 0.147 e. The topological polar surface area (TPSA) is 20.2 Å². The number of benzene rings is 1. The lowest BCUT2D eigenvalue weighted by atomic mass is 10.2. The summed E-state index contributed by atoms with van der Waals surface area (Å²) in [5.74, 6) is 0.223. The normalized spacial score (nSPS) is 10.8. The van der Waals surface area contributed by atoms with Crippen molar-refractivity contribution in [3.05, 3.63) is 23.2 Å². The van der Waals surface area contributed by atoms with E-state index in [9.17, 15) is 5.11 Å². The summed E-state index contributed by atoms with van der Waals surface area (Å²) in [5.41, 5.74) is 0. The van der Waals surface area contributed by atoms with Crippen molar-refractivity contribution in [2.24, 2.45) is 0 Å². The average molecular weight is 217 g/mol. The second kappa shape index (κ2) is 2.83. The van der Waals surface area contributed by atoms with Crippen molar-refractivity contribution >= 4 is 45.7 Å². The number of hydrogen-bond donors (Lipinski definition) is 2. The van der Waals surface area contributed by atoms with Gasteiger partial charge in [-0.15, -0.1) is 24.0 Å². The zero-order valence-corrected chi connectivity index (χ0v) is 8.38. The van der Waals surface area contributed by atoms with Crippen molar-refractivity contribution in [3.63, 3.8) is 0 Å². The van der Waals surface area contributed by atoms with E-state index in [1.54, 1.807) is 6.07 Å². The van der Waals surface area contributed by atoms with Crippen molar-refractivity contribution in [2.45, 2.75) is 4.21 Å². The molecule has 0 amide bonds. The number of thiophene rings is 1. The third-order valence-electron chi connectivity index (χ3n) is 1.62. The van der Waals surface area contributed by atoms with Crippen LogP contribution in [0.3, 0.4) is 0 Å². The van der Waals surface area contributed by atoms with Gasteiger partial charge < -0.3 is 5.11 Å². The third kappa shape index (κ3) is 1.09. The van der Waals surface area contributed by atoms with E-state index in [1.807, 2.05) is 12.1 Å². The zero-order valence-electron chi connectivity index (χ0n) is 5.91. The van der Waals surface area contributed by atoms with Gasteiger partial charge in [0.1, 0.15) is 5.75 Å². The van der Waals surface area contributed by atoms with E-state index in [0.717, 1.165) is 10.1 Å². The lowest BCUT2D eigenvalue weighted by molar-refractivity contribution is 0.473. The van der Waals surface area contributed by atoms with Gasteiger partial charge in [0, 0.05) is 5.39 Å². The summed E-state index contributed by atoms with van der Waals surface area (Å²) >= 11 is 11.4.